The number of fused-ring (bicyclic) bond motifs is 3. The molecule has 0 N–H and O–H groups in total. The fraction of sp³-hybridized carbons (Fsp3) is 0. The molecule has 0 atom stereocenters. The molecule has 0 saturated heterocycles. The molecule has 0 bridgehead atoms. The Labute approximate surface area is 154 Å². The van der Waals surface area contributed by atoms with Gasteiger partial charge in [-0.15, -0.1) is 0 Å². The van der Waals surface area contributed by atoms with Crippen molar-refractivity contribution in [2.24, 2.45) is 0 Å². The summed E-state index contributed by atoms with van der Waals surface area (Å²) in [5, 5.41) is 13.3. The number of nitro groups is 1. The summed E-state index contributed by atoms with van der Waals surface area (Å²) in [4.78, 5) is 10.8. The van der Waals surface area contributed by atoms with Gasteiger partial charge < -0.3 is 4.57 Å². The van der Waals surface area contributed by atoms with E-state index in [0.717, 1.165) is 36.4 Å². The molecule has 0 unspecified atom stereocenters. The van der Waals surface area contributed by atoms with Gasteiger partial charge in [0, 0.05) is 31.9 Å². The summed E-state index contributed by atoms with van der Waals surface area (Å²) in [6, 6.07) is 18.9. The first kappa shape index (κ1) is 15.4. The van der Waals surface area contributed by atoms with Gasteiger partial charge in [0.05, 0.1) is 21.6 Å². The first-order valence-electron chi connectivity index (χ1n) is 7.18. The zero-order chi connectivity index (χ0) is 16.8. The van der Waals surface area contributed by atoms with Gasteiger partial charge in [0.15, 0.2) is 0 Å². The molecule has 0 radical (unpaired) electrons. The van der Waals surface area contributed by atoms with Gasteiger partial charge in [-0.3, -0.25) is 10.1 Å². The number of hydrogen-bond donors (Lipinski definition) is 0. The summed E-state index contributed by atoms with van der Waals surface area (Å²) in [5.41, 5.74) is 2.84. The van der Waals surface area contributed by atoms with E-state index in [1.165, 1.54) is 6.07 Å². The lowest BCUT2D eigenvalue weighted by atomic mass is 10.2. The van der Waals surface area contributed by atoms with Gasteiger partial charge in [0.25, 0.3) is 5.69 Å². The van der Waals surface area contributed by atoms with Crippen LogP contribution >= 0.6 is 31.9 Å². The van der Waals surface area contributed by atoms with Crippen LogP contribution < -0.4 is 0 Å². The molecule has 1 heterocycles. The molecule has 0 saturated carbocycles. The predicted molar refractivity (Wildman–Crippen MR) is 103 cm³/mol. The number of nitro benzene ring substituents is 1. The molecule has 4 nitrogen and oxygen atoms in total. The van der Waals surface area contributed by atoms with Gasteiger partial charge >= 0.3 is 0 Å². The average molecular weight is 446 g/mol. The highest BCUT2D eigenvalue weighted by molar-refractivity contribution is 9.10. The van der Waals surface area contributed by atoms with Crippen molar-refractivity contribution < 1.29 is 4.92 Å². The van der Waals surface area contributed by atoms with Gasteiger partial charge in [0.2, 0.25) is 0 Å². The zero-order valence-corrected chi connectivity index (χ0v) is 15.4. The summed E-state index contributed by atoms with van der Waals surface area (Å²) in [6.07, 6.45) is 0. The predicted octanol–water partition coefficient (Wildman–Crippen LogP) is 6.22. The average Bonchev–Trinajstić information content (AvgIpc) is 2.87. The number of nitrogens with zero attached hydrogens (tertiary/aromatic N) is 2. The molecule has 0 aliphatic heterocycles. The van der Waals surface area contributed by atoms with Crippen LogP contribution in [-0.4, -0.2) is 9.49 Å². The highest BCUT2D eigenvalue weighted by atomic mass is 79.9. The summed E-state index contributed by atoms with van der Waals surface area (Å²) >= 11 is 7.04. The van der Waals surface area contributed by atoms with Crippen LogP contribution in [-0.2, 0) is 0 Å². The standard InChI is InChI=1S/C18H10Br2N2O2/c19-11-4-6-15-16-7-5-12(20)9-18(16)21(17(15)8-11)13-2-1-3-14(10-13)22(23)24/h1-10H. The lowest BCUT2D eigenvalue weighted by molar-refractivity contribution is -0.384. The number of aromatic nitrogens is 1. The first-order chi connectivity index (χ1) is 11.5. The van der Waals surface area contributed by atoms with Gasteiger partial charge in [0.1, 0.15) is 0 Å². The van der Waals surface area contributed by atoms with Gasteiger partial charge in [-0.05, 0) is 30.3 Å². The van der Waals surface area contributed by atoms with Crippen LogP contribution in [0.4, 0.5) is 5.69 Å². The molecular formula is C18H10Br2N2O2. The Balaban J connectivity index is 2.16. The maximum absolute atomic E-state index is 11.1. The minimum absolute atomic E-state index is 0.0764. The Morgan fingerprint density at radius 2 is 1.42 bits per heavy atom. The van der Waals surface area contributed by atoms with Crippen molar-refractivity contribution in [2.45, 2.75) is 0 Å². The summed E-state index contributed by atoms with van der Waals surface area (Å²) in [6.45, 7) is 0. The lowest BCUT2D eigenvalue weighted by Gasteiger charge is -2.08. The van der Waals surface area contributed by atoms with E-state index in [4.69, 9.17) is 0 Å². The lowest BCUT2D eigenvalue weighted by Crippen LogP contribution is -1.96. The molecule has 0 aliphatic carbocycles. The maximum atomic E-state index is 11.1. The Hall–Kier alpha value is -2.18. The molecule has 0 amide bonds. The number of rotatable bonds is 2. The molecule has 0 fully saturated rings. The second-order valence-corrected chi connectivity index (χ2v) is 7.27. The molecule has 1 aromatic heterocycles. The first-order valence-corrected chi connectivity index (χ1v) is 8.77. The van der Waals surface area contributed by atoms with E-state index in [1.54, 1.807) is 12.1 Å². The topological polar surface area (TPSA) is 48.1 Å². The van der Waals surface area contributed by atoms with E-state index in [9.17, 15) is 10.1 Å². The van der Waals surface area contributed by atoms with E-state index in [0.29, 0.717) is 0 Å². The summed E-state index contributed by atoms with van der Waals surface area (Å²) < 4.78 is 3.97. The SMILES string of the molecule is O=[N+]([O-])c1cccc(-n2c3cc(Br)ccc3c3ccc(Br)cc32)c1. The zero-order valence-electron chi connectivity index (χ0n) is 12.2. The molecule has 4 rings (SSSR count). The largest absolute Gasteiger partial charge is 0.309 e. The highest BCUT2D eigenvalue weighted by Gasteiger charge is 2.15. The van der Waals surface area contributed by atoms with Crippen molar-refractivity contribution in [1.29, 1.82) is 0 Å². The molecule has 3 aromatic carbocycles. The molecule has 0 aliphatic rings. The third kappa shape index (κ3) is 2.42. The van der Waals surface area contributed by atoms with E-state index in [-0.39, 0.29) is 10.6 Å². The van der Waals surface area contributed by atoms with Gasteiger partial charge in [-0.25, -0.2) is 0 Å². The molecule has 6 heteroatoms. The fourth-order valence-electron chi connectivity index (χ4n) is 2.99. The number of hydrogen-bond acceptors (Lipinski definition) is 2. The van der Waals surface area contributed by atoms with Crippen molar-refractivity contribution >= 4 is 59.4 Å². The second-order valence-electron chi connectivity index (χ2n) is 5.44. The van der Waals surface area contributed by atoms with Crippen molar-refractivity contribution in [1.82, 2.24) is 4.57 Å². The normalized spacial score (nSPS) is 11.2. The van der Waals surface area contributed by atoms with Crippen molar-refractivity contribution in [3.05, 3.63) is 79.7 Å². The molecule has 4 aromatic rings. The number of halogens is 2. The van der Waals surface area contributed by atoms with Crippen molar-refractivity contribution in [2.75, 3.05) is 0 Å². The summed E-state index contributed by atoms with van der Waals surface area (Å²) in [5.74, 6) is 0. The van der Waals surface area contributed by atoms with Crippen LogP contribution in [0.25, 0.3) is 27.5 Å². The molecule has 118 valence electrons. The van der Waals surface area contributed by atoms with Crippen LogP contribution in [0.1, 0.15) is 0 Å². The van der Waals surface area contributed by atoms with Crippen LogP contribution in [0.15, 0.2) is 69.6 Å². The van der Waals surface area contributed by atoms with Gasteiger partial charge in [-0.2, -0.15) is 0 Å². The van der Waals surface area contributed by atoms with E-state index < -0.39 is 0 Å². The van der Waals surface area contributed by atoms with E-state index in [1.807, 2.05) is 34.9 Å². The maximum Gasteiger partial charge on any atom is 0.271 e. The second kappa shape index (κ2) is 5.72. The number of non-ortho nitro benzene ring substituents is 1. The Morgan fingerprint density at radius 1 is 0.833 bits per heavy atom. The van der Waals surface area contributed by atoms with Crippen molar-refractivity contribution in [3.8, 4) is 5.69 Å². The molecule has 0 spiro atoms. The number of benzene rings is 3. The highest BCUT2D eigenvalue weighted by Crippen LogP contribution is 2.35. The summed E-state index contributed by atoms with van der Waals surface area (Å²) in [7, 11) is 0. The van der Waals surface area contributed by atoms with E-state index >= 15 is 0 Å². The third-order valence-electron chi connectivity index (χ3n) is 3.99. The monoisotopic (exact) mass is 444 g/mol. The van der Waals surface area contributed by atoms with Crippen LogP contribution in [0.3, 0.4) is 0 Å². The van der Waals surface area contributed by atoms with Crippen LogP contribution in [0.5, 0.6) is 0 Å². The minimum atomic E-state index is -0.372. The Kier molecular flexibility index (Phi) is 3.66. The molecular weight excluding hydrogens is 436 g/mol. The quantitative estimate of drug-likeness (QED) is 0.271. The van der Waals surface area contributed by atoms with Crippen LogP contribution in [0.2, 0.25) is 0 Å². The molecule has 24 heavy (non-hydrogen) atoms. The van der Waals surface area contributed by atoms with Crippen LogP contribution in [0, 0.1) is 10.1 Å². The van der Waals surface area contributed by atoms with E-state index in [2.05, 4.69) is 44.0 Å². The fourth-order valence-corrected chi connectivity index (χ4v) is 3.69. The Morgan fingerprint density at radius 3 is 1.96 bits per heavy atom. The van der Waals surface area contributed by atoms with Gasteiger partial charge in [-0.1, -0.05) is 50.1 Å². The third-order valence-corrected chi connectivity index (χ3v) is 4.98. The van der Waals surface area contributed by atoms with Crippen molar-refractivity contribution in [3.63, 3.8) is 0 Å². The smallest absolute Gasteiger partial charge is 0.271 e. The minimum Gasteiger partial charge on any atom is -0.309 e. The Bertz CT molecular complexity index is 1060.